The van der Waals surface area contributed by atoms with E-state index in [9.17, 15) is 0 Å². The van der Waals surface area contributed by atoms with Crippen LogP contribution in [0.25, 0.3) is 0 Å². The molecule has 100 valence electrons. The van der Waals surface area contributed by atoms with E-state index in [1.807, 2.05) is 14.0 Å². The molecule has 1 aromatic carbocycles. The van der Waals surface area contributed by atoms with Gasteiger partial charge >= 0.3 is 0 Å². The maximum Gasteiger partial charge on any atom is 0.143 e. The van der Waals surface area contributed by atoms with Gasteiger partial charge in [0.05, 0.1) is 16.4 Å². The number of nitrogens with zero attached hydrogens (tertiary/aromatic N) is 2. The molecule has 0 aliphatic rings. The lowest BCUT2D eigenvalue weighted by atomic mass is 10.1. The molecule has 3 nitrogen and oxygen atoms in total. The Balaban J connectivity index is 2.28. The second kappa shape index (κ2) is 5.61. The fourth-order valence-electron chi connectivity index (χ4n) is 1.96. The highest BCUT2D eigenvalue weighted by Gasteiger charge is 2.12. The molecular formula is C15H18BrN3. The van der Waals surface area contributed by atoms with Gasteiger partial charge < -0.3 is 10.6 Å². The first-order valence-electron chi connectivity index (χ1n) is 6.17. The van der Waals surface area contributed by atoms with E-state index in [0.29, 0.717) is 5.69 Å². The van der Waals surface area contributed by atoms with Crippen LogP contribution >= 0.6 is 15.9 Å². The predicted octanol–water partition coefficient (Wildman–Crippen LogP) is 3.68. The molecular weight excluding hydrogens is 302 g/mol. The van der Waals surface area contributed by atoms with E-state index in [2.05, 4.69) is 57.0 Å². The lowest BCUT2D eigenvalue weighted by molar-refractivity contribution is 0.885. The second-order valence-electron chi connectivity index (χ2n) is 4.76. The highest BCUT2D eigenvalue weighted by molar-refractivity contribution is 9.10. The molecule has 0 atom stereocenters. The van der Waals surface area contributed by atoms with Crippen LogP contribution in [-0.4, -0.2) is 12.0 Å². The Morgan fingerprint density at radius 1 is 1.26 bits per heavy atom. The minimum Gasteiger partial charge on any atom is -0.397 e. The van der Waals surface area contributed by atoms with E-state index >= 15 is 0 Å². The number of aryl methyl sites for hydroxylation is 1. The number of anilines is 2. The maximum absolute atomic E-state index is 5.86. The van der Waals surface area contributed by atoms with Gasteiger partial charge in [-0.3, -0.25) is 0 Å². The summed E-state index contributed by atoms with van der Waals surface area (Å²) < 4.78 is 0.962. The summed E-state index contributed by atoms with van der Waals surface area (Å²) >= 11 is 3.58. The minimum absolute atomic E-state index is 0.708. The van der Waals surface area contributed by atoms with E-state index < -0.39 is 0 Å². The Labute approximate surface area is 122 Å². The number of halogens is 1. The Morgan fingerprint density at radius 2 is 1.95 bits per heavy atom. The maximum atomic E-state index is 5.86. The summed E-state index contributed by atoms with van der Waals surface area (Å²) in [5.41, 5.74) is 10.2. The molecule has 1 aromatic heterocycles. The average molecular weight is 320 g/mol. The van der Waals surface area contributed by atoms with Crippen molar-refractivity contribution in [2.45, 2.75) is 20.4 Å². The van der Waals surface area contributed by atoms with Crippen LogP contribution in [0.3, 0.4) is 0 Å². The molecule has 2 rings (SSSR count). The van der Waals surface area contributed by atoms with Crippen molar-refractivity contribution in [3.05, 3.63) is 51.6 Å². The number of rotatable bonds is 3. The summed E-state index contributed by atoms with van der Waals surface area (Å²) in [6.07, 6.45) is 1.71. The van der Waals surface area contributed by atoms with Gasteiger partial charge in [-0.2, -0.15) is 0 Å². The quantitative estimate of drug-likeness (QED) is 0.938. The number of pyridine rings is 1. The average Bonchev–Trinajstić information content (AvgIpc) is 2.39. The lowest BCUT2D eigenvalue weighted by Crippen LogP contribution is -2.19. The molecule has 1 heterocycles. The summed E-state index contributed by atoms with van der Waals surface area (Å²) in [7, 11) is 2.04. The number of aromatic nitrogens is 1. The Morgan fingerprint density at radius 3 is 2.63 bits per heavy atom. The smallest absolute Gasteiger partial charge is 0.143 e. The van der Waals surface area contributed by atoms with E-state index in [-0.39, 0.29) is 0 Å². The van der Waals surface area contributed by atoms with Crippen molar-refractivity contribution in [2.75, 3.05) is 17.7 Å². The van der Waals surface area contributed by atoms with E-state index in [1.165, 1.54) is 11.1 Å². The van der Waals surface area contributed by atoms with Gasteiger partial charge in [-0.25, -0.2) is 4.98 Å². The van der Waals surface area contributed by atoms with Gasteiger partial charge in [-0.05, 0) is 46.5 Å². The monoisotopic (exact) mass is 319 g/mol. The zero-order valence-corrected chi connectivity index (χ0v) is 13.0. The summed E-state index contributed by atoms with van der Waals surface area (Å²) in [5.74, 6) is 0.912. The number of benzene rings is 1. The fourth-order valence-corrected chi connectivity index (χ4v) is 2.60. The molecule has 0 unspecified atom stereocenters. The molecule has 0 aliphatic heterocycles. The molecule has 19 heavy (non-hydrogen) atoms. The SMILES string of the molecule is Cc1ccccc1CN(C)c1ncc(N)c(C)c1Br. The lowest BCUT2D eigenvalue weighted by Gasteiger charge is -2.21. The first-order chi connectivity index (χ1) is 9.00. The van der Waals surface area contributed by atoms with Crippen molar-refractivity contribution < 1.29 is 0 Å². The Hall–Kier alpha value is -1.55. The Kier molecular flexibility index (Phi) is 4.10. The van der Waals surface area contributed by atoms with Crippen molar-refractivity contribution in [3.63, 3.8) is 0 Å². The molecule has 2 aromatic rings. The topological polar surface area (TPSA) is 42.2 Å². The van der Waals surface area contributed by atoms with E-state index in [0.717, 1.165) is 22.4 Å². The third kappa shape index (κ3) is 2.89. The van der Waals surface area contributed by atoms with Crippen molar-refractivity contribution in [1.29, 1.82) is 0 Å². The number of hydrogen-bond acceptors (Lipinski definition) is 3. The van der Waals surface area contributed by atoms with Crippen LogP contribution in [0.4, 0.5) is 11.5 Å². The molecule has 4 heteroatoms. The zero-order valence-electron chi connectivity index (χ0n) is 11.4. The van der Waals surface area contributed by atoms with Gasteiger partial charge in [0.2, 0.25) is 0 Å². The number of nitrogen functional groups attached to an aromatic ring is 1. The van der Waals surface area contributed by atoms with Crippen LogP contribution in [0.15, 0.2) is 34.9 Å². The normalized spacial score (nSPS) is 10.5. The molecule has 0 radical (unpaired) electrons. The van der Waals surface area contributed by atoms with Gasteiger partial charge in [-0.15, -0.1) is 0 Å². The Bertz CT molecular complexity index is 596. The molecule has 0 saturated carbocycles. The van der Waals surface area contributed by atoms with Gasteiger partial charge in [0.15, 0.2) is 0 Å². The molecule has 0 bridgehead atoms. The molecule has 0 fully saturated rings. The van der Waals surface area contributed by atoms with Crippen LogP contribution < -0.4 is 10.6 Å². The molecule has 2 N–H and O–H groups in total. The highest BCUT2D eigenvalue weighted by atomic mass is 79.9. The van der Waals surface area contributed by atoms with Crippen LogP contribution in [0, 0.1) is 13.8 Å². The molecule has 0 saturated heterocycles. The first kappa shape index (κ1) is 13.9. The van der Waals surface area contributed by atoms with Crippen molar-refractivity contribution in [1.82, 2.24) is 4.98 Å². The van der Waals surface area contributed by atoms with E-state index in [1.54, 1.807) is 6.20 Å². The van der Waals surface area contributed by atoms with Gasteiger partial charge in [-0.1, -0.05) is 24.3 Å². The summed E-state index contributed by atoms with van der Waals surface area (Å²) in [5, 5.41) is 0. The van der Waals surface area contributed by atoms with Crippen molar-refractivity contribution >= 4 is 27.4 Å². The second-order valence-corrected chi connectivity index (χ2v) is 5.55. The van der Waals surface area contributed by atoms with Gasteiger partial charge in [0, 0.05) is 13.6 Å². The molecule has 0 amide bonds. The van der Waals surface area contributed by atoms with Gasteiger partial charge in [0.25, 0.3) is 0 Å². The van der Waals surface area contributed by atoms with Gasteiger partial charge in [0.1, 0.15) is 5.82 Å². The van der Waals surface area contributed by atoms with Crippen LogP contribution in [0.5, 0.6) is 0 Å². The molecule has 0 aliphatic carbocycles. The largest absolute Gasteiger partial charge is 0.397 e. The summed E-state index contributed by atoms with van der Waals surface area (Å²) in [6, 6.07) is 8.39. The summed E-state index contributed by atoms with van der Waals surface area (Å²) in [4.78, 5) is 6.54. The minimum atomic E-state index is 0.708. The standard InChI is InChI=1S/C15H18BrN3/c1-10-6-4-5-7-12(10)9-19(3)15-14(16)11(2)13(17)8-18-15/h4-8H,9,17H2,1-3H3. The van der Waals surface area contributed by atoms with E-state index in [4.69, 9.17) is 5.73 Å². The first-order valence-corrected chi connectivity index (χ1v) is 6.96. The fraction of sp³-hybridized carbons (Fsp3) is 0.267. The highest BCUT2D eigenvalue weighted by Crippen LogP contribution is 2.30. The van der Waals surface area contributed by atoms with Crippen LogP contribution in [0.1, 0.15) is 16.7 Å². The van der Waals surface area contributed by atoms with Crippen molar-refractivity contribution in [2.24, 2.45) is 0 Å². The summed E-state index contributed by atoms with van der Waals surface area (Å²) in [6.45, 7) is 4.94. The zero-order chi connectivity index (χ0) is 14.0. The predicted molar refractivity (Wildman–Crippen MR) is 84.4 cm³/mol. The number of nitrogens with two attached hydrogens (primary N) is 1. The third-order valence-corrected chi connectivity index (χ3v) is 4.26. The molecule has 0 spiro atoms. The third-order valence-electron chi connectivity index (χ3n) is 3.31. The van der Waals surface area contributed by atoms with Crippen molar-refractivity contribution in [3.8, 4) is 0 Å². The van der Waals surface area contributed by atoms with Crippen LogP contribution in [0.2, 0.25) is 0 Å². The van der Waals surface area contributed by atoms with Crippen LogP contribution in [-0.2, 0) is 6.54 Å². The number of hydrogen-bond donors (Lipinski definition) is 1.